The van der Waals surface area contributed by atoms with Gasteiger partial charge in [0.1, 0.15) is 23.6 Å². The van der Waals surface area contributed by atoms with Gasteiger partial charge in [-0.2, -0.15) is 0 Å². The highest BCUT2D eigenvalue weighted by Gasteiger charge is 2.19. The summed E-state index contributed by atoms with van der Waals surface area (Å²) in [7, 11) is 3.47. The Balaban J connectivity index is 2.58. The molecule has 0 saturated carbocycles. The number of para-hydroxylation sites is 1. The topological polar surface area (TPSA) is 47.4 Å². The highest BCUT2D eigenvalue weighted by atomic mass is 35.5. The number of carbonyl (C=O) groups excluding carboxylic acids is 1. The van der Waals surface area contributed by atoms with Gasteiger partial charge in [-0.1, -0.05) is 6.07 Å². The molecule has 0 aliphatic rings. The summed E-state index contributed by atoms with van der Waals surface area (Å²) in [4.78, 5) is 18.2. The Labute approximate surface area is 129 Å². The maximum atomic E-state index is 12.0. The van der Waals surface area contributed by atoms with Crippen molar-refractivity contribution in [2.45, 2.75) is 25.8 Å². The molecule has 21 heavy (non-hydrogen) atoms. The molecule has 0 N–H and O–H groups in total. The Morgan fingerprint density at radius 2 is 2.19 bits per heavy atom. The standard InChI is InChI=1S/C15H20ClN3O2/c1-5-21-12-8-6-7-11-14(12)17-15(10(2)16)19(11)9-13(20)18(3)4/h6-8,10H,5,9H2,1-4H3. The summed E-state index contributed by atoms with van der Waals surface area (Å²) in [5.41, 5.74) is 1.60. The van der Waals surface area contributed by atoms with Gasteiger partial charge in [-0.3, -0.25) is 4.79 Å². The Bertz CT molecular complexity index is 650. The first-order valence-corrected chi connectivity index (χ1v) is 7.35. The largest absolute Gasteiger partial charge is 0.492 e. The molecule has 1 unspecified atom stereocenters. The molecule has 1 atom stereocenters. The van der Waals surface area contributed by atoms with Gasteiger partial charge < -0.3 is 14.2 Å². The molecule has 2 aromatic rings. The Kier molecular flexibility index (Phi) is 4.73. The number of halogens is 1. The van der Waals surface area contributed by atoms with Crippen molar-refractivity contribution in [3.63, 3.8) is 0 Å². The molecule has 0 fully saturated rings. The van der Waals surface area contributed by atoms with Gasteiger partial charge in [-0.05, 0) is 26.0 Å². The lowest BCUT2D eigenvalue weighted by Crippen LogP contribution is -2.27. The highest BCUT2D eigenvalue weighted by molar-refractivity contribution is 6.20. The van der Waals surface area contributed by atoms with Gasteiger partial charge in [0.15, 0.2) is 0 Å². The number of imidazole rings is 1. The van der Waals surface area contributed by atoms with Gasteiger partial charge in [0, 0.05) is 14.1 Å². The van der Waals surface area contributed by atoms with Gasteiger partial charge in [-0.15, -0.1) is 11.6 Å². The van der Waals surface area contributed by atoms with Crippen LogP contribution in [0.2, 0.25) is 0 Å². The summed E-state index contributed by atoms with van der Waals surface area (Å²) < 4.78 is 7.46. The van der Waals surface area contributed by atoms with E-state index in [4.69, 9.17) is 16.3 Å². The fraction of sp³-hybridized carbons (Fsp3) is 0.467. The minimum atomic E-state index is -0.290. The second-order valence-corrected chi connectivity index (χ2v) is 5.67. The summed E-state index contributed by atoms with van der Waals surface area (Å²) in [5, 5.41) is -0.290. The van der Waals surface area contributed by atoms with Crippen LogP contribution in [0.5, 0.6) is 5.75 Å². The number of amides is 1. The molecule has 0 bridgehead atoms. The third-order valence-corrected chi connectivity index (χ3v) is 3.41. The van der Waals surface area contributed by atoms with Crippen LogP contribution in [0.4, 0.5) is 0 Å². The van der Waals surface area contributed by atoms with Crippen molar-refractivity contribution in [2.75, 3.05) is 20.7 Å². The van der Waals surface area contributed by atoms with E-state index in [0.29, 0.717) is 18.2 Å². The zero-order chi connectivity index (χ0) is 15.6. The van der Waals surface area contributed by atoms with Crippen LogP contribution < -0.4 is 4.74 Å². The Morgan fingerprint density at radius 3 is 2.76 bits per heavy atom. The number of likely N-dealkylation sites (N-methyl/N-ethyl adjacent to an activating group) is 1. The van der Waals surface area contributed by atoms with E-state index in [1.54, 1.807) is 19.0 Å². The molecule has 0 aliphatic carbocycles. The lowest BCUT2D eigenvalue weighted by atomic mass is 10.3. The first kappa shape index (κ1) is 15.6. The van der Waals surface area contributed by atoms with Crippen LogP contribution in [0, 0.1) is 0 Å². The molecule has 0 aliphatic heterocycles. The molecule has 1 amide bonds. The molecule has 1 heterocycles. The quantitative estimate of drug-likeness (QED) is 0.798. The second kappa shape index (κ2) is 6.35. The van der Waals surface area contributed by atoms with Crippen LogP contribution in [-0.4, -0.2) is 41.1 Å². The molecular weight excluding hydrogens is 290 g/mol. The summed E-state index contributed by atoms with van der Waals surface area (Å²) in [6.45, 7) is 4.55. The van der Waals surface area contributed by atoms with Gasteiger partial charge in [0.2, 0.25) is 5.91 Å². The number of carbonyl (C=O) groups is 1. The fourth-order valence-electron chi connectivity index (χ4n) is 2.16. The van der Waals surface area contributed by atoms with Crippen LogP contribution in [0.3, 0.4) is 0 Å². The summed E-state index contributed by atoms with van der Waals surface area (Å²) in [5.74, 6) is 1.38. The third-order valence-electron chi connectivity index (χ3n) is 3.22. The smallest absolute Gasteiger partial charge is 0.242 e. The van der Waals surface area contributed by atoms with E-state index >= 15 is 0 Å². The number of benzene rings is 1. The molecule has 1 aromatic carbocycles. The Morgan fingerprint density at radius 1 is 1.48 bits per heavy atom. The first-order chi connectivity index (χ1) is 9.95. The van der Waals surface area contributed by atoms with E-state index < -0.39 is 0 Å². The molecule has 1 aromatic heterocycles. The number of aromatic nitrogens is 2. The van der Waals surface area contributed by atoms with Crippen LogP contribution in [0.1, 0.15) is 25.0 Å². The van der Waals surface area contributed by atoms with Gasteiger partial charge in [0.25, 0.3) is 0 Å². The third kappa shape index (κ3) is 3.13. The maximum Gasteiger partial charge on any atom is 0.242 e. The summed E-state index contributed by atoms with van der Waals surface area (Å²) in [6, 6.07) is 5.70. The van der Waals surface area contributed by atoms with Crippen molar-refractivity contribution < 1.29 is 9.53 Å². The highest BCUT2D eigenvalue weighted by Crippen LogP contribution is 2.30. The molecule has 0 saturated heterocycles. The summed E-state index contributed by atoms with van der Waals surface area (Å²) in [6.07, 6.45) is 0. The number of nitrogens with zero attached hydrogens (tertiary/aromatic N) is 3. The summed E-state index contributed by atoms with van der Waals surface area (Å²) >= 11 is 6.22. The van der Waals surface area contributed by atoms with Crippen molar-refractivity contribution in [1.29, 1.82) is 0 Å². The van der Waals surface area contributed by atoms with E-state index in [0.717, 1.165) is 11.0 Å². The normalized spacial score (nSPS) is 12.4. The predicted molar refractivity (Wildman–Crippen MR) is 83.9 cm³/mol. The average molecular weight is 310 g/mol. The number of hydrogen-bond acceptors (Lipinski definition) is 3. The van der Waals surface area contributed by atoms with Crippen LogP contribution in [-0.2, 0) is 11.3 Å². The monoisotopic (exact) mass is 309 g/mol. The second-order valence-electron chi connectivity index (χ2n) is 5.02. The van der Waals surface area contributed by atoms with Crippen molar-refractivity contribution in [3.05, 3.63) is 24.0 Å². The van der Waals surface area contributed by atoms with E-state index in [1.807, 2.05) is 36.6 Å². The van der Waals surface area contributed by atoms with Crippen molar-refractivity contribution in [1.82, 2.24) is 14.5 Å². The van der Waals surface area contributed by atoms with Crippen molar-refractivity contribution in [2.24, 2.45) is 0 Å². The Hall–Kier alpha value is -1.75. The zero-order valence-corrected chi connectivity index (χ0v) is 13.5. The molecular formula is C15H20ClN3O2. The number of hydrogen-bond donors (Lipinski definition) is 0. The molecule has 0 radical (unpaired) electrons. The van der Waals surface area contributed by atoms with Gasteiger partial charge in [0.05, 0.1) is 17.5 Å². The lowest BCUT2D eigenvalue weighted by molar-refractivity contribution is -0.129. The van der Waals surface area contributed by atoms with E-state index in [-0.39, 0.29) is 17.8 Å². The lowest BCUT2D eigenvalue weighted by Gasteiger charge is -2.14. The van der Waals surface area contributed by atoms with Crippen molar-refractivity contribution in [3.8, 4) is 5.75 Å². The van der Waals surface area contributed by atoms with Crippen LogP contribution >= 0.6 is 11.6 Å². The van der Waals surface area contributed by atoms with E-state index in [2.05, 4.69) is 4.98 Å². The first-order valence-electron chi connectivity index (χ1n) is 6.91. The molecule has 6 heteroatoms. The number of ether oxygens (including phenoxy) is 1. The molecule has 114 valence electrons. The van der Waals surface area contributed by atoms with Gasteiger partial charge >= 0.3 is 0 Å². The van der Waals surface area contributed by atoms with E-state index in [9.17, 15) is 4.79 Å². The SMILES string of the molecule is CCOc1cccc2c1nc(C(C)Cl)n2CC(=O)N(C)C. The predicted octanol–water partition coefficient (Wildman–Crippen LogP) is 2.82. The number of rotatable bonds is 5. The molecule has 2 rings (SSSR count). The number of alkyl halides is 1. The van der Waals surface area contributed by atoms with Gasteiger partial charge in [-0.25, -0.2) is 4.98 Å². The maximum absolute atomic E-state index is 12.0. The fourth-order valence-corrected chi connectivity index (χ4v) is 2.32. The zero-order valence-electron chi connectivity index (χ0n) is 12.8. The van der Waals surface area contributed by atoms with E-state index in [1.165, 1.54) is 0 Å². The minimum Gasteiger partial charge on any atom is -0.492 e. The number of fused-ring (bicyclic) bond motifs is 1. The average Bonchev–Trinajstić information content (AvgIpc) is 2.79. The molecule has 5 nitrogen and oxygen atoms in total. The molecule has 0 spiro atoms. The minimum absolute atomic E-state index is 0.00493. The van der Waals surface area contributed by atoms with Crippen LogP contribution in [0.15, 0.2) is 18.2 Å². The van der Waals surface area contributed by atoms with Crippen LogP contribution in [0.25, 0.3) is 11.0 Å². The van der Waals surface area contributed by atoms with Crippen molar-refractivity contribution >= 4 is 28.5 Å².